The maximum absolute atomic E-state index is 12.3. The number of nitrogens with one attached hydrogen (secondary N) is 1. The number of carboxylic acids is 1. The molecular weight excluding hydrogens is 388 g/mol. The molecule has 0 spiro atoms. The van der Waals surface area contributed by atoms with E-state index in [1.54, 1.807) is 0 Å². The van der Waals surface area contributed by atoms with Crippen LogP contribution in [-0.4, -0.2) is 28.8 Å². The average Bonchev–Trinajstić information content (AvgIpc) is 3.28. The highest BCUT2D eigenvalue weighted by molar-refractivity contribution is 7.13. The molecule has 0 unspecified atom stereocenters. The molecule has 6 nitrogen and oxygen atoms in total. The number of fused-ring (bicyclic) bond motifs is 3. The van der Waals surface area contributed by atoms with Crippen LogP contribution in [-0.2, 0) is 16.0 Å². The monoisotopic (exact) mass is 408 g/mol. The van der Waals surface area contributed by atoms with Gasteiger partial charge in [-0.25, -0.2) is 9.78 Å². The molecule has 2 aromatic carbocycles. The number of nitrogens with zero attached hydrogens (tertiary/aromatic N) is 1. The van der Waals surface area contributed by atoms with Gasteiger partial charge in [0.25, 0.3) is 0 Å². The lowest BCUT2D eigenvalue weighted by atomic mass is 9.98. The lowest BCUT2D eigenvalue weighted by molar-refractivity contribution is -0.137. The molecular formula is C22H20N2O4S. The van der Waals surface area contributed by atoms with Gasteiger partial charge < -0.3 is 9.84 Å². The van der Waals surface area contributed by atoms with E-state index in [4.69, 9.17) is 9.84 Å². The minimum atomic E-state index is -0.822. The van der Waals surface area contributed by atoms with E-state index in [-0.39, 0.29) is 18.9 Å². The summed E-state index contributed by atoms with van der Waals surface area (Å²) in [5.41, 5.74) is 5.46. The van der Waals surface area contributed by atoms with Crippen molar-refractivity contribution in [3.05, 3.63) is 70.7 Å². The summed E-state index contributed by atoms with van der Waals surface area (Å²) in [5.74, 6) is -0.812. The number of hydrogen-bond acceptors (Lipinski definition) is 5. The molecule has 0 saturated carbocycles. The Morgan fingerprint density at radius 3 is 2.38 bits per heavy atom. The van der Waals surface area contributed by atoms with E-state index in [0.29, 0.717) is 18.0 Å². The quantitative estimate of drug-likeness (QED) is 0.580. The topological polar surface area (TPSA) is 88.5 Å². The molecule has 1 amide bonds. The van der Waals surface area contributed by atoms with Gasteiger partial charge in [-0.15, -0.1) is 11.3 Å². The predicted molar refractivity (Wildman–Crippen MR) is 111 cm³/mol. The van der Waals surface area contributed by atoms with E-state index in [1.807, 2.05) is 29.6 Å². The third-order valence-electron chi connectivity index (χ3n) is 4.93. The average molecular weight is 408 g/mol. The lowest BCUT2D eigenvalue weighted by Crippen LogP contribution is -2.17. The predicted octanol–water partition coefficient (Wildman–Crippen LogP) is 4.91. The number of hydrogen-bond donors (Lipinski definition) is 2. The molecule has 0 fully saturated rings. The molecule has 1 aliphatic rings. The first-order chi connectivity index (χ1) is 14.1. The fraction of sp³-hybridized carbons (Fsp3) is 0.227. The van der Waals surface area contributed by atoms with Crippen LogP contribution < -0.4 is 5.32 Å². The first-order valence-corrected chi connectivity index (χ1v) is 10.3. The van der Waals surface area contributed by atoms with Crippen LogP contribution in [0.25, 0.3) is 11.1 Å². The van der Waals surface area contributed by atoms with Gasteiger partial charge in [-0.05, 0) is 35.1 Å². The molecule has 0 atom stereocenters. The number of aromatic nitrogens is 1. The van der Waals surface area contributed by atoms with Crippen molar-refractivity contribution in [1.82, 2.24) is 4.98 Å². The largest absolute Gasteiger partial charge is 0.481 e. The smallest absolute Gasteiger partial charge is 0.413 e. The van der Waals surface area contributed by atoms with Crippen molar-refractivity contribution in [2.45, 2.75) is 25.2 Å². The van der Waals surface area contributed by atoms with Gasteiger partial charge in [0.05, 0.1) is 5.69 Å². The molecule has 0 saturated heterocycles. The maximum atomic E-state index is 12.3. The minimum absolute atomic E-state index is 0.0102. The van der Waals surface area contributed by atoms with E-state index in [2.05, 4.69) is 34.6 Å². The van der Waals surface area contributed by atoms with Gasteiger partial charge in [-0.1, -0.05) is 48.5 Å². The van der Waals surface area contributed by atoms with Gasteiger partial charge in [-0.2, -0.15) is 0 Å². The van der Waals surface area contributed by atoms with E-state index in [1.165, 1.54) is 22.5 Å². The number of carbonyl (C=O) groups is 2. The van der Waals surface area contributed by atoms with Crippen molar-refractivity contribution in [3.8, 4) is 11.1 Å². The van der Waals surface area contributed by atoms with Crippen LogP contribution in [0.2, 0.25) is 0 Å². The Morgan fingerprint density at radius 1 is 1.07 bits per heavy atom. The number of carbonyl (C=O) groups excluding carboxylic acids is 1. The second-order valence-electron chi connectivity index (χ2n) is 6.84. The summed E-state index contributed by atoms with van der Waals surface area (Å²) in [6.45, 7) is 0.247. The summed E-state index contributed by atoms with van der Waals surface area (Å²) in [5, 5.41) is 13.6. The molecule has 0 radical (unpaired) electrons. The maximum Gasteiger partial charge on any atom is 0.413 e. The molecule has 1 heterocycles. The first-order valence-electron chi connectivity index (χ1n) is 9.40. The third-order valence-corrected chi connectivity index (χ3v) is 5.73. The summed E-state index contributed by atoms with van der Waals surface area (Å²) >= 11 is 1.30. The van der Waals surface area contributed by atoms with Crippen molar-refractivity contribution >= 4 is 28.5 Å². The standard InChI is InChI=1S/C22H20N2O4S/c25-20(26)11-5-6-14-13-29-21(23-14)24-22(27)28-12-19-17-9-3-1-7-15(17)16-8-2-4-10-18(16)19/h1-4,7-10,13,19H,5-6,11-12H2,(H,25,26)(H,23,24,27). The number of thiazole rings is 1. The van der Waals surface area contributed by atoms with Crippen LogP contribution in [0.1, 0.15) is 35.6 Å². The molecule has 0 aliphatic heterocycles. The van der Waals surface area contributed by atoms with Crippen molar-refractivity contribution < 1.29 is 19.4 Å². The van der Waals surface area contributed by atoms with Gasteiger partial charge in [0.1, 0.15) is 6.61 Å². The second kappa shape index (κ2) is 8.45. The Balaban J connectivity index is 1.36. The zero-order chi connectivity index (χ0) is 20.2. The van der Waals surface area contributed by atoms with Crippen molar-refractivity contribution in [2.75, 3.05) is 11.9 Å². The van der Waals surface area contributed by atoms with Gasteiger partial charge in [-0.3, -0.25) is 10.1 Å². The molecule has 7 heteroatoms. The highest BCUT2D eigenvalue weighted by Gasteiger charge is 2.29. The first kappa shape index (κ1) is 19.1. The minimum Gasteiger partial charge on any atom is -0.481 e. The number of aryl methyl sites for hydroxylation is 1. The normalized spacial score (nSPS) is 12.3. The molecule has 148 valence electrons. The number of carboxylic acid groups (broad SMARTS) is 1. The number of amides is 1. The van der Waals surface area contributed by atoms with Gasteiger partial charge in [0.2, 0.25) is 0 Å². The van der Waals surface area contributed by atoms with E-state index >= 15 is 0 Å². The summed E-state index contributed by atoms with van der Waals surface area (Å²) in [7, 11) is 0. The van der Waals surface area contributed by atoms with Gasteiger partial charge in [0.15, 0.2) is 5.13 Å². The van der Waals surface area contributed by atoms with Gasteiger partial charge in [0, 0.05) is 17.7 Å². The Bertz CT molecular complexity index is 1000. The Morgan fingerprint density at radius 2 is 1.72 bits per heavy atom. The van der Waals surface area contributed by atoms with Crippen LogP contribution >= 0.6 is 11.3 Å². The van der Waals surface area contributed by atoms with Gasteiger partial charge >= 0.3 is 12.1 Å². The Kier molecular flexibility index (Phi) is 5.57. The lowest BCUT2D eigenvalue weighted by Gasteiger charge is -2.14. The van der Waals surface area contributed by atoms with Crippen molar-refractivity contribution in [3.63, 3.8) is 0 Å². The molecule has 0 bridgehead atoms. The molecule has 2 N–H and O–H groups in total. The zero-order valence-electron chi connectivity index (χ0n) is 15.6. The summed E-state index contributed by atoms with van der Waals surface area (Å²) in [4.78, 5) is 27.2. The van der Waals surface area contributed by atoms with Crippen LogP contribution in [0.4, 0.5) is 9.93 Å². The fourth-order valence-electron chi connectivity index (χ4n) is 3.62. The number of anilines is 1. The Hall–Kier alpha value is -3.19. The van der Waals surface area contributed by atoms with Crippen LogP contribution in [0.3, 0.4) is 0 Å². The van der Waals surface area contributed by atoms with Crippen LogP contribution in [0, 0.1) is 0 Å². The van der Waals surface area contributed by atoms with Crippen LogP contribution in [0.15, 0.2) is 53.9 Å². The van der Waals surface area contributed by atoms with Crippen molar-refractivity contribution in [2.24, 2.45) is 0 Å². The van der Waals surface area contributed by atoms with E-state index < -0.39 is 12.1 Å². The number of aliphatic carboxylic acids is 1. The summed E-state index contributed by atoms with van der Waals surface area (Å²) < 4.78 is 5.50. The number of ether oxygens (including phenoxy) is 1. The molecule has 1 aromatic heterocycles. The fourth-order valence-corrected chi connectivity index (χ4v) is 4.35. The van der Waals surface area contributed by atoms with E-state index in [9.17, 15) is 9.59 Å². The highest BCUT2D eigenvalue weighted by atomic mass is 32.1. The third kappa shape index (κ3) is 4.30. The number of rotatable bonds is 7. The van der Waals surface area contributed by atoms with Crippen LogP contribution in [0.5, 0.6) is 0 Å². The molecule has 29 heavy (non-hydrogen) atoms. The zero-order valence-corrected chi connectivity index (χ0v) is 16.4. The van der Waals surface area contributed by atoms with E-state index in [0.717, 1.165) is 16.8 Å². The highest BCUT2D eigenvalue weighted by Crippen LogP contribution is 2.44. The summed E-state index contributed by atoms with van der Waals surface area (Å²) in [6.07, 6.45) is 0.643. The molecule has 3 aromatic rings. The molecule has 1 aliphatic carbocycles. The summed E-state index contributed by atoms with van der Waals surface area (Å²) in [6, 6.07) is 16.4. The van der Waals surface area contributed by atoms with Crippen molar-refractivity contribution in [1.29, 1.82) is 0 Å². The SMILES string of the molecule is O=C(O)CCCc1csc(NC(=O)OCC2c3ccccc3-c3ccccc32)n1. The molecule has 4 rings (SSSR count). The number of benzene rings is 2. The Labute approximate surface area is 172 Å². The second-order valence-corrected chi connectivity index (χ2v) is 7.70.